The van der Waals surface area contributed by atoms with Gasteiger partial charge in [-0.05, 0) is 19.1 Å². The Morgan fingerprint density at radius 2 is 2.29 bits per heavy atom. The molecule has 14 heavy (non-hydrogen) atoms. The lowest BCUT2D eigenvalue weighted by Gasteiger charge is -2.05. The molecule has 0 unspecified atom stereocenters. The Kier molecular flexibility index (Phi) is 2.61. The normalized spacial score (nSPS) is 10.8. The number of benzene rings is 1. The number of fused-ring (bicyclic) bond motifs is 1. The summed E-state index contributed by atoms with van der Waals surface area (Å²) in [4.78, 5) is 0. The van der Waals surface area contributed by atoms with Gasteiger partial charge in [-0.2, -0.15) is 0 Å². The zero-order chi connectivity index (χ0) is 10.1. The van der Waals surface area contributed by atoms with Crippen molar-refractivity contribution >= 4 is 33.0 Å². The summed E-state index contributed by atoms with van der Waals surface area (Å²) in [6.45, 7) is 2.36. The molecule has 1 nitrogen and oxygen atoms in total. The van der Waals surface area contributed by atoms with Crippen LogP contribution in [0.25, 0.3) is 10.1 Å². The number of halogens is 2. The third-order valence-electron chi connectivity index (χ3n) is 1.86. The van der Waals surface area contributed by atoms with Crippen molar-refractivity contribution in [1.82, 2.24) is 0 Å². The van der Waals surface area contributed by atoms with E-state index in [-0.39, 0.29) is 5.82 Å². The zero-order valence-electron chi connectivity index (χ0n) is 7.51. The predicted molar refractivity (Wildman–Crippen MR) is 58.0 cm³/mol. The van der Waals surface area contributed by atoms with E-state index in [1.54, 1.807) is 12.1 Å². The third-order valence-corrected chi connectivity index (χ3v) is 2.98. The molecule has 0 amide bonds. The largest absolute Gasteiger partial charge is 0.493 e. The molecule has 0 fully saturated rings. The minimum Gasteiger partial charge on any atom is -0.493 e. The van der Waals surface area contributed by atoms with E-state index in [4.69, 9.17) is 16.3 Å². The summed E-state index contributed by atoms with van der Waals surface area (Å²) < 4.78 is 19.5. The lowest BCUT2D eigenvalue weighted by Crippen LogP contribution is -1.92. The average Bonchev–Trinajstić information content (AvgIpc) is 2.48. The van der Waals surface area contributed by atoms with E-state index in [0.717, 1.165) is 4.70 Å². The Balaban J connectivity index is 2.70. The summed E-state index contributed by atoms with van der Waals surface area (Å²) in [5.41, 5.74) is 0. The smallest absolute Gasteiger partial charge is 0.145 e. The fourth-order valence-corrected chi connectivity index (χ4v) is 2.46. The molecule has 0 saturated carbocycles. The standard InChI is InChI=1S/C10H8ClFOS/c1-2-13-8-3-6(11)4-9-10(8)7(12)5-14-9/h3-5H,2H2,1H3. The Morgan fingerprint density at radius 3 is 3.00 bits per heavy atom. The molecule has 0 saturated heterocycles. The van der Waals surface area contributed by atoms with E-state index in [2.05, 4.69) is 0 Å². The van der Waals surface area contributed by atoms with Crippen molar-refractivity contribution in [3.8, 4) is 5.75 Å². The van der Waals surface area contributed by atoms with Crippen molar-refractivity contribution in [2.24, 2.45) is 0 Å². The minimum atomic E-state index is -0.245. The van der Waals surface area contributed by atoms with Crippen LogP contribution in [0.15, 0.2) is 17.5 Å². The van der Waals surface area contributed by atoms with E-state index in [9.17, 15) is 4.39 Å². The van der Waals surface area contributed by atoms with Crippen molar-refractivity contribution < 1.29 is 9.13 Å². The molecule has 2 aromatic rings. The highest BCUT2D eigenvalue weighted by atomic mass is 35.5. The van der Waals surface area contributed by atoms with Gasteiger partial charge in [0.05, 0.1) is 12.0 Å². The summed E-state index contributed by atoms with van der Waals surface area (Å²) in [6, 6.07) is 3.39. The molecule has 0 bridgehead atoms. The van der Waals surface area contributed by atoms with E-state index >= 15 is 0 Å². The van der Waals surface area contributed by atoms with Crippen LogP contribution in [0.2, 0.25) is 5.02 Å². The van der Waals surface area contributed by atoms with Crippen molar-refractivity contribution in [2.75, 3.05) is 6.61 Å². The molecule has 0 N–H and O–H groups in total. The topological polar surface area (TPSA) is 9.23 Å². The van der Waals surface area contributed by atoms with E-state index in [0.29, 0.717) is 22.8 Å². The maximum atomic E-state index is 13.3. The number of thiophene rings is 1. The van der Waals surface area contributed by atoms with Gasteiger partial charge in [-0.15, -0.1) is 11.3 Å². The summed E-state index contributed by atoms with van der Waals surface area (Å²) >= 11 is 7.20. The van der Waals surface area contributed by atoms with Gasteiger partial charge in [0, 0.05) is 15.1 Å². The van der Waals surface area contributed by atoms with Gasteiger partial charge in [0.1, 0.15) is 11.6 Å². The lowest BCUT2D eigenvalue weighted by molar-refractivity contribution is 0.343. The number of hydrogen-bond acceptors (Lipinski definition) is 2. The molecule has 0 spiro atoms. The maximum absolute atomic E-state index is 13.3. The quantitative estimate of drug-likeness (QED) is 0.755. The van der Waals surface area contributed by atoms with Crippen LogP contribution in [0.5, 0.6) is 5.75 Å². The van der Waals surface area contributed by atoms with Gasteiger partial charge in [-0.3, -0.25) is 0 Å². The van der Waals surface area contributed by atoms with Crippen LogP contribution in [0.4, 0.5) is 4.39 Å². The predicted octanol–water partition coefficient (Wildman–Crippen LogP) is 4.09. The van der Waals surface area contributed by atoms with Crippen molar-refractivity contribution in [3.05, 3.63) is 28.4 Å². The molecule has 0 atom stereocenters. The van der Waals surface area contributed by atoms with Gasteiger partial charge in [-0.1, -0.05) is 11.6 Å². The first kappa shape index (κ1) is 9.74. The first-order valence-corrected chi connectivity index (χ1v) is 5.47. The van der Waals surface area contributed by atoms with Gasteiger partial charge in [0.25, 0.3) is 0 Å². The molecular formula is C10H8ClFOS. The van der Waals surface area contributed by atoms with Gasteiger partial charge >= 0.3 is 0 Å². The second-order valence-corrected chi connectivity index (χ2v) is 4.14. The molecular weight excluding hydrogens is 223 g/mol. The van der Waals surface area contributed by atoms with Crippen LogP contribution >= 0.6 is 22.9 Å². The molecule has 1 aromatic heterocycles. The van der Waals surface area contributed by atoms with E-state index < -0.39 is 0 Å². The highest BCUT2D eigenvalue weighted by molar-refractivity contribution is 7.17. The van der Waals surface area contributed by atoms with Crippen LogP contribution < -0.4 is 4.74 Å². The fourth-order valence-electron chi connectivity index (χ4n) is 1.33. The summed E-state index contributed by atoms with van der Waals surface area (Å²) in [5.74, 6) is 0.277. The first-order chi connectivity index (χ1) is 6.72. The first-order valence-electron chi connectivity index (χ1n) is 4.21. The molecule has 4 heteroatoms. The van der Waals surface area contributed by atoms with Gasteiger partial charge in [0.2, 0.25) is 0 Å². The third kappa shape index (κ3) is 1.57. The van der Waals surface area contributed by atoms with Crippen LogP contribution in [0, 0.1) is 5.82 Å². The monoisotopic (exact) mass is 230 g/mol. The van der Waals surface area contributed by atoms with Gasteiger partial charge in [0.15, 0.2) is 0 Å². The van der Waals surface area contributed by atoms with Crippen molar-refractivity contribution in [2.45, 2.75) is 6.92 Å². The van der Waals surface area contributed by atoms with Crippen LogP contribution in [0.1, 0.15) is 6.92 Å². The van der Waals surface area contributed by atoms with Crippen molar-refractivity contribution in [1.29, 1.82) is 0 Å². The van der Waals surface area contributed by atoms with Gasteiger partial charge < -0.3 is 4.74 Å². The van der Waals surface area contributed by atoms with Crippen LogP contribution in [-0.4, -0.2) is 6.61 Å². The van der Waals surface area contributed by atoms with Gasteiger partial charge in [-0.25, -0.2) is 4.39 Å². The second-order valence-electron chi connectivity index (χ2n) is 2.79. The van der Waals surface area contributed by atoms with E-state index in [1.807, 2.05) is 6.92 Å². The molecule has 74 valence electrons. The SMILES string of the molecule is CCOc1cc(Cl)cc2scc(F)c12. The highest BCUT2D eigenvalue weighted by Crippen LogP contribution is 2.35. The zero-order valence-corrected chi connectivity index (χ0v) is 9.08. The van der Waals surface area contributed by atoms with Crippen LogP contribution in [0.3, 0.4) is 0 Å². The molecule has 0 aliphatic heterocycles. The molecule has 0 radical (unpaired) electrons. The summed E-state index contributed by atoms with van der Waals surface area (Å²) in [6.07, 6.45) is 0. The van der Waals surface area contributed by atoms with E-state index in [1.165, 1.54) is 16.7 Å². The Bertz CT molecular complexity index is 466. The summed E-state index contributed by atoms with van der Waals surface area (Å²) in [7, 11) is 0. The molecule has 1 aromatic carbocycles. The fraction of sp³-hybridized carbons (Fsp3) is 0.200. The summed E-state index contributed by atoms with van der Waals surface area (Å²) in [5, 5.41) is 2.56. The Labute approximate surface area is 90.1 Å². The highest BCUT2D eigenvalue weighted by Gasteiger charge is 2.10. The average molecular weight is 231 g/mol. The molecule has 1 heterocycles. The minimum absolute atomic E-state index is 0.245. The van der Waals surface area contributed by atoms with Crippen LogP contribution in [-0.2, 0) is 0 Å². The number of ether oxygens (including phenoxy) is 1. The number of hydrogen-bond donors (Lipinski definition) is 0. The van der Waals surface area contributed by atoms with Crippen molar-refractivity contribution in [3.63, 3.8) is 0 Å². The second kappa shape index (κ2) is 3.75. The Morgan fingerprint density at radius 1 is 1.50 bits per heavy atom. The Hall–Kier alpha value is -0.800. The molecule has 2 rings (SSSR count). The number of rotatable bonds is 2. The molecule has 0 aliphatic rings. The maximum Gasteiger partial charge on any atom is 0.145 e. The molecule has 0 aliphatic carbocycles. The lowest BCUT2D eigenvalue weighted by atomic mass is 10.2.